The molecule has 1 amide bonds. The third kappa shape index (κ3) is 3.43. The number of halogens is 1. The van der Waals surface area contributed by atoms with Crippen molar-refractivity contribution in [3.63, 3.8) is 0 Å². The number of nitrogens with one attached hydrogen (secondary N) is 2. The Hall–Kier alpha value is -0.280. The van der Waals surface area contributed by atoms with Crippen molar-refractivity contribution in [2.24, 2.45) is 17.3 Å². The highest BCUT2D eigenvalue weighted by atomic mass is 35.5. The van der Waals surface area contributed by atoms with Crippen LogP contribution in [0.1, 0.15) is 51.4 Å². The predicted molar refractivity (Wildman–Crippen MR) is 79.5 cm³/mol. The molecule has 1 unspecified atom stereocenters. The second kappa shape index (κ2) is 6.45. The second-order valence-corrected chi connectivity index (χ2v) is 6.62. The van der Waals surface area contributed by atoms with Crippen molar-refractivity contribution in [1.82, 2.24) is 10.6 Å². The van der Waals surface area contributed by atoms with Crippen LogP contribution in [-0.4, -0.2) is 25.5 Å². The summed E-state index contributed by atoms with van der Waals surface area (Å²) in [5.41, 5.74) is 0.391. The molecule has 1 atom stereocenters. The lowest BCUT2D eigenvalue weighted by Crippen LogP contribution is -2.35. The average Bonchev–Trinajstić information content (AvgIpc) is 3.12. The Kier molecular flexibility index (Phi) is 5.13. The van der Waals surface area contributed by atoms with Gasteiger partial charge in [0.2, 0.25) is 5.91 Å². The van der Waals surface area contributed by atoms with Crippen LogP contribution in [0.5, 0.6) is 0 Å². The van der Waals surface area contributed by atoms with Crippen molar-refractivity contribution in [3.05, 3.63) is 0 Å². The molecule has 3 fully saturated rings. The lowest BCUT2D eigenvalue weighted by atomic mass is 9.89. The Morgan fingerprint density at radius 3 is 2.53 bits per heavy atom. The van der Waals surface area contributed by atoms with Crippen LogP contribution in [0.25, 0.3) is 0 Å². The Morgan fingerprint density at radius 2 is 1.84 bits per heavy atom. The summed E-state index contributed by atoms with van der Waals surface area (Å²) in [7, 11) is 0. The zero-order chi connectivity index (χ0) is 12.4. The van der Waals surface area contributed by atoms with E-state index in [0.717, 1.165) is 32.0 Å². The number of rotatable bonds is 3. The highest BCUT2D eigenvalue weighted by molar-refractivity contribution is 5.85. The Morgan fingerprint density at radius 1 is 1.16 bits per heavy atom. The van der Waals surface area contributed by atoms with Crippen molar-refractivity contribution < 1.29 is 4.79 Å². The van der Waals surface area contributed by atoms with E-state index in [1.807, 2.05) is 0 Å². The maximum atomic E-state index is 12.2. The first-order valence-electron chi connectivity index (χ1n) is 7.79. The van der Waals surface area contributed by atoms with Crippen LogP contribution < -0.4 is 10.6 Å². The maximum absolute atomic E-state index is 12.2. The van der Waals surface area contributed by atoms with Gasteiger partial charge in [0.1, 0.15) is 0 Å². The Labute approximate surface area is 122 Å². The predicted octanol–water partition coefficient (Wildman–Crippen LogP) is 2.49. The molecule has 2 aliphatic carbocycles. The fourth-order valence-electron chi connectivity index (χ4n) is 3.96. The third-order valence-corrected chi connectivity index (χ3v) is 5.40. The minimum absolute atomic E-state index is 0. The summed E-state index contributed by atoms with van der Waals surface area (Å²) in [4.78, 5) is 12.2. The van der Waals surface area contributed by atoms with Crippen LogP contribution in [0.15, 0.2) is 0 Å². The zero-order valence-electron chi connectivity index (χ0n) is 11.7. The molecule has 110 valence electrons. The van der Waals surface area contributed by atoms with Crippen LogP contribution in [0, 0.1) is 17.3 Å². The van der Waals surface area contributed by atoms with E-state index in [2.05, 4.69) is 10.6 Å². The van der Waals surface area contributed by atoms with Gasteiger partial charge in [0, 0.05) is 12.5 Å². The molecule has 3 rings (SSSR count). The van der Waals surface area contributed by atoms with Gasteiger partial charge in [-0.3, -0.25) is 4.79 Å². The van der Waals surface area contributed by atoms with Gasteiger partial charge in [-0.2, -0.15) is 0 Å². The van der Waals surface area contributed by atoms with E-state index >= 15 is 0 Å². The lowest BCUT2D eigenvalue weighted by molar-refractivity contribution is -0.123. The number of piperidine rings is 1. The highest BCUT2D eigenvalue weighted by Gasteiger charge is 2.57. The van der Waals surface area contributed by atoms with Crippen molar-refractivity contribution in [2.75, 3.05) is 19.6 Å². The van der Waals surface area contributed by atoms with E-state index in [9.17, 15) is 4.79 Å². The summed E-state index contributed by atoms with van der Waals surface area (Å²) >= 11 is 0. The molecule has 0 aromatic carbocycles. The summed E-state index contributed by atoms with van der Waals surface area (Å²) in [6.45, 7) is 3.14. The summed E-state index contributed by atoms with van der Waals surface area (Å²) in [5.74, 6) is 1.44. The Balaban J connectivity index is 0.00000133. The standard InChI is InChI=1S/C15H26N2O.ClH/c18-14(17-11-12-4-2-1-3-5-12)13-10-15(13)6-8-16-9-7-15;/h12-13,16H,1-11H2,(H,17,18);1H. The molecule has 1 spiro atoms. The molecule has 3 nitrogen and oxygen atoms in total. The molecule has 0 bridgehead atoms. The molecule has 0 aromatic rings. The summed E-state index contributed by atoms with van der Waals surface area (Å²) < 4.78 is 0. The average molecular weight is 287 g/mol. The van der Waals surface area contributed by atoms with Crippen molar-refractivity contribution in [3.8, 4) is 0 Å². The van der Waals surface area contributed by atoms with Gasteiger partial charge in [0.25, 0.3) is 0 Å². The molecule has 1 saturated heterocycles. The van der Waals surface area contributed by atoms with Crippen molar-refractivity contribution in [1.29, 1.82) is 0 Å². The normalized spacial score (nSPS) is 29.6. The van der Waals surface area contributed by atoms with Crippen molar-refractivity contribution in [2.45, 2.75) is 51.4 Å². The van der Waals surface area contributed by atoms with Crippen molar-refractivity contribution >= 4 is 18.3 Å². The Bertz CT molecular complexity index is 309. The van der Waals surface area contributed by atoms with Crippen LogP contribution >= 0.6 is 12.4 Å². The first-order chi connectivity index (χ1) is 8.80. The highest BCUT2D eigenvalue weighted by Crippen LogP contribution is 2.58. The van der Waals surface area contributed by atoms with E-state index in [0.29, 0.717) is 17.2 Å². The molecule has 19 heavy (non-hydrogen) atoms. The van der Waals surface area contributed by atoms with E-state index in [4.69, 9.17) is 0 Å². The molecule has 0 aromatic heterocycles. The molecule has 1 heterocycles. The van der Waals surface area contributed by atoms with Gasteiger partial charge >= 0.3 is 0 Å². The first-order valence-corrected chi connectivity index (χ1v) is 7.79. The summed E-state index contributed by atoms with van der Waals surface area (Å²) in [5, 5.41) is 6.62. The SMILES string of the molecule is Cl.O=C(NCC1CCCCC1)C1CC12CCNCC2. The first kappa shape index (κ1) is 15.1. The van der Waals surface area contributed by atoms with Crippen LogP contribution in [0.2, 0.25) is 0 Å². The monoisotopic (exact) mass is 286 g/mol. The number of amides is 1. The molecular weight excluding hydrogens is 260 g/mol. The molecular formula is C15H27ClN2O. The quantitative estimate of drug-likeness (QED) is 0.837. The fourth-order valence-corrected chi connectivity index (χ4v) is 3.96. The lowest BCUT2D eigenvalue weighted by Gasteiger charge is -2.24. The number of hydrogen-bond donors (Lipinski definition) is 2. The molecule has 4 heteroatoms. The molecule has 2 N–H and O–H groups in total. The van der Waals surface area contributed by atoms with E-state index in [1.165, 1.54) is 44.9 Å². The topological polar surface area (TPSA) is 41.1 Å². The summed E-state index contributed by atoms with van der Waals surface area (Å²) in [6, 6.07) is 0. The molecule has 2 saturated carbocycles. The van der Waals surface area contributed by atoms with Gasteiger partial charge in [0.05, 0.1) is 0 Å². The second-order valence-electron chi connectivity index (χ2n) is 6.62. The van der Waals surface area contributed by atoms with Gasteiger partial charge in [-0.15, -0.1) is 12.4 Å². The minimum Gasteiger partial charge on any atom is -0.356 e. The van der Waals surface area contributed by atoms with Gasteiger partial charge < -0.3 is 10.6 Å². The van der Waals surface area contributed by atoms with E-state index < -0.39 is 0 Å². The fraction of sp³-hybridized carbons (Fsp3) is 0.933. The van der Waals surface area contributed by atoms with Crippen LogP contribution in [0.3, 0.4) is 0 Å². The minimum atomic E-state index is 0. The van der Waals surface area contributed by atoms with Gasteiger partial charge in [-0.1, -0.05) is 19.3 Å². The van der Waals surface area contributed by atoms with E-state index in [1.54, 1.807) is 0 Å². The summed E-state index contributed by atoms with van der Waals surface area (Å²) in [6.07, 6.45) is 10.3. The number of hydrogen-bond acceptors (Lipinski definition) is 2. The number of carbonyl (C=O) groups excluding carboxylic acids is 1. The van der Waals surface area contributed by atoms with E-state index in [-0.39, 0.29) is 12.4 Å². The molecule has 0 radical (unpaired) electrons. The van der Waals surface area contributed by atoms with Gasteiger partial charge in [-0.25, -0.2) is 0 Å². The van der Waals surface area contributed by atoms with Crippen LogP contribution in [0.4, 0.5) is 0 Å². The number of carbonyl (C=O) groups is 1. The zero-order valence-corrected chi connectivity index (χ0v) is 12.6. The molecule has 3 aliphatic rings. The maximum Gasteiger partial charge on any atom is 0.223 e. The van der Waals surface area contributed by atoms with Gasteiger partial charge in [0.15, 0.2) is 0 Å². The largest absolute Gasteiger partial charge is 0.356 e. The molecule has 1 aliphatic heterocycles. The van der Waals surface area contributed by atoms with Gasteiger partial charge in [-0.05, 0) is 56.5 Å². The smallest absolute Gasteiger partial charge is 0.223 e. The van der Waals surface area contributed by atoms with Crippen LogP contribution in [-0.2, 0) is 4.79 Å². The third-order valence-electron chi connectivity index (χ3n) is 5.40.